The van der Waals surface area contributed by atoms with Crippen LogP contribution < -0.4 is 0 Å². The van der Waals surface area contributed by atoms with E-state index in [1.165, 1.54) is 11.3 Å². The van der Waals surface area contributed by atoms with Crippen molar-refractivity contribution in [2.24, 2.45) is 0 Å². The van der Waals surface area contributed by atoms with Gasteiger partial charge in [0.05, 0.1) is 6.61 Å². The summed E-state index contributed by atoms with van der Waals surface area (Å²) in [7, 11) is 0. The molecule has 2 rings (SSSR count). The van der Waals surface area contributed by atoms with Crippen LogP contribution in [0.25, 0.3) is 0 Å². The first-order valence-corrected chi connectivity index (χ1v) is 5.67. The molecule has 0 aromatic rings. The second-order valence-electron chi connectivity index (χ2n) is 3.77. The fraction of sp³-hybridized carbons (Fsp3) is 0.800. The first-order valence-electron chi connectivity index (χ1n) is 4.85. The number of thioether (sulfide) groups is 1. The fourth-order valence-electron chi connectivity index (χ4n) is 1.77. The zero-order chi connectivity index (χ0) is 9.31. The molecule has 0 N–H and O–H groups in total. The third kappa shape index (κ3) is 2.02. The van der Waals surface area contributed by atoms with Gasteiger partial charge in [0.1, 0.15) is 10.7 Å². The Morgan fingerprint density at radius 3 is 2.77 bits per heavy atom. The maximum absolute atomic E-state index is 5.72. The average Bonchev–Trinajstić information content (AvgIpc) is 2.64. The van der Waals surface area contributed by atoms with E-state index >= 15 is 0 Å². The van der Waals surface area contributed by atoms with Gasteiger partial charge in [0.2, 0.25) is 0 Å². The maximum Gasteiger partial charge on any atom is 0.115 e. The summed E-state index contributed by atoms with van der Waals surface area (Å²) in [6, 6.07) is 0. The molecule has 1 saturated heterocycles. The summed E-state index contributed by atoms with van der Waals surface area (Å²) in [5.74, 6) is 1.10. The largest absolute Gasteiger partial charge is 0.497 e. The van der Waals surface area contributed by atoms with Crippen LogP contribution in [0.5, 0.6) is 0 Å². The van der Waals surface area contributed by atoms with Gasteiger partial charge in [-0.15, -0.1) is 0 Å². The van der Waals surface area contributed by atoms with E-state index in [0.717, 1.165) is 31.8 Å². The molecular weight excluding hydrogens is 184 g/mol. The Morgan fingerprint density at radius 2 is 2.23 bits per heavy atom. The number of hydrogen-bond acceptors (Lipinski definition) is 3. The van der Waals surface area contributed by atoms with E-state index in [2.05, 4.69) is 6.92 Å². The van der Waals surface area contributed by atoms with Crippen LogP contribution in [0.4, 0.5) is 0 Å². The van der Waals surface area contributed by atoms with Crippen molar-refractivity contribution in [2.75, 3.05) is 13.2 Å². The molecule has 0 amide bonds. The Morgan fingerprint density at radius 1 is 1.38 bits per heavy atom. The van der Waals surface area contributed by atoms with E-state index in [-0.39, 0.29) is 4.93 Å². The molecule has 2 nitrogen and oxygen atoms in total. The summed E-state index contributed by atoms with van der Waals surface area (Å²) in [4.78, 5) is 1.40. The highest BCUT2D eigenvalue weighted by molar-refractivity contribution is 8.04. The van der Waals surface area contributed by atoms with Gasteiger partial charge in [-0.2, -0.15) is 0 Å². The predicted molar refractivity (Wildman–Crippen MR) is 54.5 cm³/mol. The molecule has 0 aliphatic carbocycles. The van der Waals surface area contributed by atoms with E-state index in [9.17, 15) is 0 Å². The lowest BCUT2D eigenvalue weighted by atomic mass is 10.3. The zero-order valence-corrected chi connectivity index (χ0v) is 9.08. The Hall–Kier alpha value is -0.150. The van der Waals surface area contributed by atoms with Gasteiger partial charge in [0, 0.05) is 17.9 Å². The zero-order valence-electron chi connectivity index (χ0n) is 8.26. The van der Waals surface area contributed by atoms with Crippen LogP contribution in [0.3, 0.4) is 0 Å². The molecule has 2 aliphatic rings. The summed E-state index contributed by atoms with van der Waals surface area (Å²) in [6.07, 6.45) is 3.42. The Kier molecular flexibility index (Phi) is 2.56. The minimum absolute atomic E-state index is 0.0181. The second-order valence-corrected chi connectivity index (χ2v) is 5.33. The van der Waals surface area contributed by atoms with E-state index in [1.54, 1.807) is 0 Å². The van der Waals surface area contributed by atoms with Crippen LogP contribution >= 0.6 is 11.8 Å². The Bertz CT molecular complexity index is 229. The van der Waals surface area contributed by atoms with Crippen molar-refractivity contribution in [3.8, 4) is 0 Å². The van der Waals surface area contributed by atoms with Gasteiger partial charge in [-0.1, -0.05) is 11.8 Å². The lowest BCUT2D eigenvalue weighted by Crippen LogP contribution is -2.17. The van der Waals surface area contributed by atoms with Gasteiger partial charge in [-0.05, 0) is 26.7 Å². The van der Waals surface area contributed by atoms with Crippen molar-refractivity contribution in [1.29, 1.82) is 0 Å². The van der Waals surface area contributed by atoms with Crippen molar-refractivity contribution >= 4 is 11.8 Å². The Labute approximate surface area is 83.7 Å². The molecule has 0 spiro atoms. The van der Waals surface area contributed by atoms with Crippen LogP contribution in [0.1, 0.15) is 33.1 Å². The quantitative estimate of drug-likeness (QED) is 0.683. The smallest absolute Gasteiger partial charge is 0.115 e. The van der Waals surface area contributed by atoms with Crippen LogP contribution in [0.2, 0.25) is 0 Å². The van der Waals surface area contributed by atoms with E-state index in [4.69, 9.17) is 9.47 Å². The molecule has 0 bridgehead atoms. The molecule has 13 heavy (non-hydrogen) atoms. The summed E-state index contributed by atoms with van der Waals surface area (Å²) >= 11 is 1.86. The average molecular weight is 200 g/mol. The van der Waals surface area contributed by atoms with Crippen molar-refractivity contribution in [3.63, 3.8) is 0 Å². The second kappa shape index (κ2) is 3.54. The highest BCUT2D eigenvalue weighted by atomic mass is 32.2. The third-order valence-electron chi connectivity index (χ3n) is 2.56. The van der Waals surface area contributed by atoms with E-state index in [1.807, 2.05) is 18.7 Å². The van der Waals surface area contributed by atoms with Crippen molar-refractivity contribution < 1.29 is 9.47 Å². The number of ether oxygens (including phenoxy) is 2. The standard InChI is InChI=1S/C10H16O2S/c1-8-9(4-7-11-8)13-10(2)5-3-6-12-10/h3-7H2,1-2H3. The van der Waals surface area contributed by atoms with Gasteiger partial charge in [0.25, 0.3) is 0 Å². The number of rotatable bonds is 2. The molecule has 2 heterocycles. The normalized spacial score (nSPS) is 34.0. The molecule has 2 aliphatic heterocycles. The highest BCUT2D eigenvalue weighted by Crippen LogP contribution is 2.44. The Balaban J connectivity index is 2.00. The maximum atomic E-state index is 5.72. The molecule has 3 heteroatoms. The molecule has 1 fully saturated rings. The van der Waals surface area contributed by atoms with E-state index in [0.29, 0.717) is 0 Å². The molecule has 0 radical (unpaired) electrons. The lowest BCUT2D eigenvalue weighted by molar-refractivity contribution is 0.0975. The SMILES string of the molecule is CC1=C(SC2(C)CCCO2)CCO1. The van der Waals surface area contributed by atoms with Crippen LogP contribution in [0.15, 0.2) is 10.7 Å². The summed E-state index contributed by atoms with van der Waals surface area (Å²) in [5.41, 5.74) is 0. The fourth-order valence-corrected chi connectivity index (χ4v) is 3.07. The molecular formula is C10H16O2S. The van der Waals surface area contributed by atoms with Gasteiger partial charge in [0.15, 0.2) is 0 Å². The monoisotopic (exact) mass is 200 g/mol. The van der Waals surface area contributed by atoms with Crippen LogP contribution in [0, 0.1) is 0 Å². The molecule has 0 aromatic carbocycles. The molecule has 0 aromatic heterocycles. The molecule has 1 atom stereocenters. The first-order chi connectivity index (χ1) is 6.20. The van der Waals surface area contributed by atoms with Gasteiger partial charge in [-0.3, -0.25) is 0 Å². The number of allylic oxidation sites excluding steroid dienone is 1. The van der Waals surface area contributed by atoms with Crippen molar-refractivity contribution in [2.45, 2.75) is 38.0 Å². The summed E-state index contributed by atoms with van der Waals surface area (Å²) < 4.78 is 11.1. The van der Waals surface area contributed by atoms with Gasteiger partial charge in [-0.25, -0.2) is 0 Å². The predicted octanol–water partition coefficient (Wildman–Crippen LogP) is 2.90. The van der Waals surface area contributed by atoms with Crippen LogP contribution in [-0.2, 0) is 9.47 Å². The van der Waals surface area contributed by atoms with Crippen molar-refractivity contribution in [3.05, 3.63) is 10.7 Å². The number of hydrogen-bond donors (Lipinski definition) is 0. The lowest BCUT2D eigenvalue weighted by Gasteiger charge is -2.22. The van der Waals surface area contributed by atoms with Gasteiger partial charge >= 0.3 is 0 Å². The minimum Gasteiger partial charge on any atom is -0.497 e. The topological polar surface area (TPSA) is 18.5 Å². The molecule has 74 valence electrons. The molecule has 1 unspecified atom stereocenters. The van der Waals surface area contributed by atoms with Crippen LogP contribution in [-0.4, -0.2) is 18.1 Å². The van der Waals surface area contributed by atoms with E-state index < -0.39 is 0 Å². The highest BCUT2D eigenvalue weighted by Gasteiger charge is 2.33. The van der Waals surface area contributed by atoms with Gasteiger partial charge < -0.3 is 9.47 Å². The van der Waals surface area contributed by atoms with Crippen molar-refractivity contribution in [1.82, 2.24) is 0 Å². The minimum atomic E-state index is 0.0181. The molecule has 0 saturated carbocycles. The summed E-state index contributed by atoms with van der Waals surface area (Å²) in [6.45, 7) is 6.00. The first kappa shape index (κ1) is 9.41. The summed E-state index contributed by atoms with van der Waals surface area (Å²) in [5, 5.41) is 0. The third-order valence-corrected chi connectivity index (χ3v) is 4.05.